The summed E-state index contributed by atoms with van der Waals surface area (Å²) in [5.41, 5.74) is 3.99. The maximum absolute atomic E-state index is 13.4. The highest BCUT2D eigenvalue weighted by molar-refractivity contribution is 9.10. The first-order valence-corrected chi connectivity index (χ1v) is 12.5. The minimum atomic E-state index is -0.190. The number of hydrogen-bond donors (Lipinski definition) is 1. The van der Waals surface area contributed by atoms with E-state index in [0.717, 1.165) is 38.4 Å². The molecule has 0 aliphatic carbocycles. The highest BCUT2D eigenvalue weighted by Gasteiger charge is 2.30. The van der Waals surface area contributed by atoms with E-state index in [2.05, 4.69) is 45.5 Å². The average Bonchev–Trinajstić information content (AvgIpc) is 2.83. The van der Waals surface area contributed by atoms with Crippen LogP contribution < -0.4 is 15.0 Å². The number of nitrogens with zero attached hydrogens (tertiary/aromatic N) is 1. The van der Waals surface area contributed by atoms with E-state index in [4.69, 9.17) is 4.74 Å². The number of carbonyl (C=O) groups excluding carboxylic acids is 2. The van der Waals surface area contributed by atoms with Gasteiger partial charge in [-0.05, 0) is 70.7 Å². The number of para-hydroxylation sites is 1. The molecule has 0 spiro atoms. The SMILES string of the molecule is COc1ccc(C=C2Sc3ccccc3N(CC(=O)NCCc3ccc(C)cc3)C2=O)cc1Br. The molecule has 0 unspecified atom stereocenters. The third-order valence-corrected chi connectivity index (χ3v) is 7.16. The minimum Gasteiger partial charge on any atom is -0.496 e. The van der Waals surface area contributed by atoms with Gasteiger partial charge >= 0.3 is 0 Å². The number of nitrogens with one attached hydrogen (secondary N) is 1. The molecule has 0 radical (unpaired) electrons. The van der Waals surface area contributed by atoms with Crippen LogP contribution in [0, 0.1) is 6.92 Å². The average molecular weight is 537 g/mol. The maximum atomic E-state index is 13.4. The first kappa shape index (κ1) is 24.1. The summed E-state index contributed by atoms with van der Waals surface area (Å²) in [5, 5.41) is 2.95. The Morgan fingerprint density at radius 2 is 1.88 bits per heavy atom. The Labute approximate surface area is 212 Å². The number of ether oxygens (including phenoxy) is 1. The van der Waals surface area contributed by atoms with Crippen molar-refractivity contribution in [1.29, 1.82) is 0 Å². The number of benzene rings is 3. The van der Waals surface area contributed by atoms with Crippen LogP contribution in [0.4, 0.5) is 5.69 Å². The molecule has 1 aliphatic rings. The zero-order chi connectivity index (χ0) is 24.1. The zero-order valence-corrected chi connectivity index (χ0v) is 21.4. The molecule has 3 aromatic rings. The van der Waals surface area contributed by atoms with Crippen molar-refractivity contribution in [3.63, 3.8) is 0 Å². The molecule has 1 N–H and O–H groups in total. The van der Waals surface area contributed by atoms with E-state index in [1.807, 2.05) is 55.5 Å². The molecule has 2 amide bonds. The molecule has 0 saturated carbocycles. The number of anilines is 1. The molecule has 1 heterocycles. The molecule has 7 heteroatoms. The van der Waals surface area contributed by atoms with E-state index in [9.17, 15) is 9.59 Å². The number of thioether (sulfide) groups is 1. The van der Waals surface area contributed by atoms with E-state index in [1.54, 1.807) is 12.0 Å². The fourth-order valence-corrected chi connectivity index (χ4v) is 5.26. The van der Waals surface area contributed by atoms with Gasteiger partial charge in [0.25, 0.3) is 5.91 Å². The highest BCUT2D eigenvalue weighted by atomic mass is 79.9. The van der Waals surface area contributed by atoms with Gasteiger partial charge in [0.1, 0.15) is 12.3 Å². The van der Waals surface area contributed by atoms with Crippen molar-refractivity contribution in [2.24, 2.45) is 0 Å². The molecule has 0 bridgehead atoms. The lowest BCUT2D eigenvalue weighted by molar-refractivity contribution is -0.122. The maximum Gasteiger partial charge on any atom is 0.265 e. The second-order valence-electron chi connectivity index (χ2n) is 7.95. The number of amides is 2. The molecule has 1 aliphatic heterocycles. The predicted molar refractivity (Wildman–Crippen MR) is 141 cm³/mol. The molecule has 34 heavy (non-hydrogen) atoms. The Balaban J connectivity index is 1.49. The van der Waals surface area contributed by atoms with Gasteiger partial charge in [-0.15, -0.1) is 0 Å². The van der Waals surface area contributed by atoms with Crippen LogP contribution in [0.15, 0.2) is 81.0 Å². The molecular formula is C27H25BrN2O3S. The lowest BCUT2D eigenvalue weighted by Gasteiger charge is -2.29. The number of fused-ring (bicyclic) bond motifs is 1. The summed E-state index contributed by atoms with van der Waals surface area (Å²) >= 11 is 4.91. The van der Waals surface area contributed by atoms with Crippen LogP contribution in [0.2, 0.25) is 0 Å². The van der Waals surface area contributed by atoms with Gasteiger partial charge in [0.05, 0.1) is 22.2 Å². The van der Waals surface area contributed by atoms with Gasteiger partial charge in [-0.1, -0.05) is 59.8 Å². The Morgan fingerprint density at radius 3 is 2.62 bits per heavy atom. The van der Waals surface area contributed by atoms with Crippen LogP contribution in [-0.4, -0.2) is 32.0 Å². The summed E-state index contributed by atoms with van der Waals surface area (Å²) in [6.45, 7) is 2.53. The van der Waals surface area contributed by atoms with Gasteiger partial charge < -0.3 is 10.1 Å². The van der Waals surface area contributed by atoms with E-state index < -0.39 is 0 Å². The fourth-order valence-electron chi connectivity index (χ4n) is 3.64. The summed E-state index contributed by atoms with van der Waals surface area (Å²) < 4.78 is 6.10. The molecule has 0 atom stereocenters. The Hall–Kier alpha value is -3.03. The molecular weight excluding hydrogens is 512 g/mol. The minimum absolute atomic E-state index is 0.0338. The van der Waals surface area contributed by atoms with Gasteiger partial charge in [-0.2, -0.15) is 0 Å². The van der Waals surface area contributed by atoms with Crippen LogP contribution in [0.25, 0.3) is 6.08 Å². The summed E-state index contributed by atoms with van der Waals surface area (Å²) in [4.78, 5) is 29.2. The van der Waals surface area contributed by atoms with Crippen molar-refractivity contribution in [2.75, 3.05) is 25.1 Å². The third kappa shape index (κ3) is 5.72. The van der Waals surface area contributed by atoms with Crippen LogP contribution in [0.5, 0.6) is 5.75 Å². The van der Waals surface area contributed by atoms with Gasteiger partial charge in [-0.3, -0.25) is 14.5 Å². The fraction of sp³-hybridized carbons (Fsp3) is 0.185. The van der Waals surface area contributed by atoms with Crippen LogP contribution in [0.1, 0.15) is 16.7 Å². The molecule has 4 rings (SSSR count). The molecule has 5 nitrogen and oxygen atoms in total. The Bertz CT molecular complexity index is 1240. The monoisotopic (exact) mass is 536 g/mol. The molecule has 0 fully saturated rings. The second-order valence-corrected chi connectivity index (χ2v) is 9.89. The van der Waals surface area contributed by atoms with Gasteiger partial charge in [-0.25, -0.2) is 0 Å². The van der Waals surface area contributed by atoms with E-state index >= 15 is 0 Å². The topological polar surface area (TPSA) is 58.6 Å². The lowest BCUT2D eigenvalue weighted by Crippen LogP contribution is -2.43. The number of hydrogen-bond acceptors (Lipinski definition) is 4. The van der Waals surface area contributed by atoms with Crippen LogP contribution >= 0.6 is 27.7 Å². The number of carbonyl (C=O) groups is 2. The van der Waals surface area contributed by atoms with Crippen LogP contribution in [0.3, 0.4) is 0 Å². The number of halogens is 1. The van der Waals surface area contributed by atoms with Crippen molar-refractivity contribution in [2.45, 2.75) is 18.2 Å². The van der Waals surface area contributed by atoms with Gasteiger partial charge in [0, 0.05) is 11.4 Å². The molecule has 3 aromatic carbocycles. The van der Waals surface area contributed by atoms with Crippen molar-refractivity contribution in [3.8, 4) is 5.75 Å². The van der Waals surface area contributed by atoms with Gasteiger partial charge in [0.2, 0.25) is 5.91 Å². The van der Waals surface area contributed by atoms with Gasteiger partial charge in [0.15, 0.2) is 0 Å². The summed E-state index contributed by atoms with van der Waals surface area (Å²) in [6, 6.07) is 21.6. The normalized spacial score (nSPS) is 14.1. The highest BCUT2D eigenvalue weighted by Crippen LogP contribution is 2.42. The standard InChI is InChI=1S/C27H25BrN2O3S/c1-18-7-9-19(10-8-18)13-14-29-26(31)17-30-22-5-3-4-6-24(22)34-25(27(30)32)16-20-11-12-23(33-2)21(28)15-20/h3-12,15-16H,13-14,17H2,1-2H3,(H,29,31). The third-order valence-electron chi connectivity index (χ3n) is 5.46. The zero-order valence-electron chi connectivity index (χ0n) is 19.0. The van der Waals surface area contributed by atoms with Crippen molar-refractivity contribution in [1.82, 2.24) is 5.32 Å². The Kier molecular flexibility index (Phi) is 7.75. The lowest BCUT2D eigenvalue weighted by atomic mass is 10.1. The van der Waals surface area contributed by atoms with E-state index in [1.165, 1.54) is 17.3 Å². The second kappa shape index (κ2) is 10.9. The number of rotatable bonds is 7. The summed E-state index contributed by atoms with van der Waals surface area (Å²) in [5.74, 6) is 0.345. The largest absolute Gasteiger partial charge is 0.496 e. The summed E-state index contributed by atoms with van der Waals surface area (Å²) in [7, 11) is 1.61. The molecule has 0 aromatic heterocycles. The van der Waals surface area contributed by atoms with E-state index in [-0.39, 0.29) is 18.4 Å². The van der Waals surface area contributed by atoms with Crippen molar-refractivity contribution < 1.29 is 14.3 Å². The number of methoxy groups -OCH3 is 1. The Morgan fingerprint density at radius 1 is 1.12 bits per heavy atom. The number of aryl methyl sites for hydroxylation is 1. The van der Waals surface area contributed by atoms with Crippen molar-refractivity contribution >= 4 is 51.3 Å². The quantitative estimate of drug-likeness (QED) is 0.399. The first-order chi connectivity index (χ1) is 16.4. The van der Waals surface area contributed by atoms with Crippen LogP contribution in [-0.2, 0) is 16.0 Å². The predicted octanol–water partition coefficient (Wildman–Crippen LogP) is 5.60. The van der Waals surface area contributed by atoms with Crippen molar-refractivity contribution in [3.05, 3.63) is 92.8 Å². The smallest absolute Gasteiger partial charge is 0.265 e. The summed E-state index contributed by atoms with van der Waals surface area (Å²) in [6.07, 6.45) is 2.58. The van der Waals surface area contributed by atoms with E-state index in [0.29, 0.717) is 11.4 Å². The molecule has 0 saturated heterocycles. The first-order valence-electron chi connectivity index (χ1n) is 10.9. The molecule has 174 valence electrons.